The van der Waals surface area contributed by atoms with Crippen LogP contribution in [-0.2, 0) is 4.74 Å². The highest BCUT2D eigenvalue weighted by molar-refractivity contribution is 5.26. The van der Waals surface area contributed by atoms with E-state index < -0.39 is 0 Å². The van der Waals surface area contributed by atoms with Gasteiger partial charge in [-0.2, -0.15) is 0 Å². The van der Waals surface area contributed by atoms with E-state index in [1.165, 1.54) is 19.4 Å². The van der Waals surface area contributed by atoms with Crippen molar-refractivity contribution in [2.45, 2.75) is 37.6 Å². The Hall–Kier alpha value is -0.380. The van der Waals surface area contributed by atoms with E-state index >= 15 is 0 Å². The monoisotopic (exact) mass is 223 g/mol. The van der Waals surface area contributed by atoms with E-state index in [0.717, 1.165) is 39.0 Å². The molecule has 0 aromatic heterocycles. The molecule has 3 aliphatic rings. The Kier molecular flexibility index (Phi) is 2.78. The molecule has 0 aromatic carbocycles. The van der Waals surface area contributed by atoms with Crippen molar-refractivity contribution in [3.8, 4) is 0 Å². The van der Waals surface area contributed by atoms with Gasteiger partial charge in [0.1, 0.15) is 0 Å². The SMILES string of the molecule is OCC12CCCN1CC(=C1CCOCC1)C2. The average molecular weight is 223 g/mol. The summed E-state index contributed by atoms with van der Waals surface area (Å²) in [6.07, 6.45) is 5.78. The highest BCUT2D eigenvalue weighted by Crippen LogP contribution is 2.42. The molecule has 0 amide bonds. The van der Waals surface area contributed by atoms with Crippen LogP contribution in [0.4, 0.5) is 0 Å². The molecule has 0 saturated carbocycles. The zero-order chi connectivity index (χ0) is 11.0. The van der Waals surface area contributed by atoms with Crippen LogP contribution < -0.4 is 0 Å². The van der Waals surface area contributed by atoms with Crippen molar-refractivity contribution < 1.29 is 9.84 Å². The second-order valence-corrected chi connectivity index (χ2v) is 5.40. The van der Waals surface area contributed by atoms with Crippen LogP contribution in [0.2, 0.25) is 0 Å². The summed E-state index contributed by atoms with van der Waals surface area (Å²) in [7, 11) is 0. The molecular weight excluding hydrogens is 202 g/mol. The summed E-state index contributed by atoms with van der Waals surface area (Å²) >= 11 is 0. The smallest absolute Gasteiger partial charge is 0.0618 e. The molecule has 1 N–H and O–H groups in total. The van der Waals surface area contributed by atoms with Crippen molar-refractivity contribution in [2.24, 2.45) is 0 Å². The lowest BCUT2D eigenvalue weighted by atomic mass is 9.90. The molecule has 3 rings (SSSR count). The Bertz CT molecular complexity index is 305. The first kappa shape index (κ1) is 10.8. The zero-order valence-corrected chi connectivity index (χ0v) is 9.87. The summed E-state index contributed by atoms with van der Waals surface area (Å²) < 4.78 is 5.41. The van der Waals surface area contributed by atoms with E-state index in [9.17, 15) is 5.11 Å². The number of hydrogen-bond donors (Lipinski definition) is 1. The second-order valence-electron chi connectivity index (χ2n) is 5.40. The molecule has 1 atom stereocenters. The summed E-state index contributed by atoms with van der Waals surface area (Å²) in [5.41, 5.74) is 3.34. The second kappa shape index (κ2) is 4.13. The van der Waals surface area contributed by atoms with Gasteiger partial charge in [-0.1, -0.05) is 11.1 Å². The van der Waals surface area contributed by atoms with Crippen molar-refractivity contribution in [3.63, 3.8) is 0 Å². The van der Waals surface area contributed by atoms with E-state index in [4.69, 9.17) is 4.74 Å². The minimum Gasteiger partial charge on any atom is -0.394 e. The fourth-order valence-corrected chi connectivity index (χ4v) is 3.57. The van der Waals surface area contributed by atoms with Gasteiger partial charge in [0.25, 0.3) is 0 Å². The molecule has 16 heavy (non-hydrogen) atoms. The van der Waals surface area contributed by atoms with Crippen molar-refractivity contribution >= 4 is 0 Å². The highest BCUT2D eigenvalue weighted by Gasteiger charge is 2.46. The van der Waals surface area contributed by atoms with Gasteiger partial charge in [0.05, 0.1) is 19.8 Å². The maximum Gasteiger partial charge on any atom is 0.0618 e. The van der Waals surface area contributed by atoms with Gasteiger partial charge in [0.15, 0.2) is 0 Å². The molecule has 3 heterocycles. The number of hydrogen-bond acceptors (Lipinski definition) is 3. The van der Waals surface area contributed by atoms with E-state index in [0.29, 0.717) is 6.61 Å². The van der Waals surface area contributed by atoms with Crippen LogP contribution in [0.15, 0.2) is 11.1 Å². The maximum absolute atomic E-state index is 9.65. The van der Waals surface area contributed by atoms with Gasteiger partial charge in [-0.25, -0.2) is 0 Å². The third-order valence-corrected chi connectivity index (χ3v) is 4.56. The summed E-state index contributed by atoms with van der Waals surface area (Å²) in [6.45, 7) is 4.40. The molecule has 3 saturated heterocycles. The summed E-state index contributed by atoms with van der Waals surface area (Å²) in [5, 5.41) is 9.65. The van der Waals surface area contributed by atoms with Crippen LogP contribution in [0.1, 0.15) is 32.1 Å². The number of aliphatic hydroxyl groups excluding tert-OH is 1. The van der Waals surface area contributed by atoms with Crippen molar-refractivity contribution in [3.05, 3.63) is 11.1 Å². The third kappa shape index (κ3) is 1.62. The molecule has 3 nitrogen and oxygen atoms in total. The van der Waals surface area contributed by atoms with Crippen LogP contribution in [-0.4, -0.2) is 48.5 Å². The van der Waals surface area contributed by atoms with Crippen molar-refractivity contribution in [1.82, 2.24) is 4.90 Å². The molecule has 0 aromatic rings. The minimum atomic E-state index is 0.112. The van der Waals surface area contributed by atoms with Gasteiger partial charge >= 0.3 is 0 Å². The molecule has 90 valence electrons. The Morgan fingerprint density at radius 1 is 1.25 bits per heavy atom. The first-order chi connectivity index (χ1) is 7.84. The number of nitrogens with zero attached hydrogens (tertiary/aromatic N) is 1. The standard InChI is InChI=1S/C13H21NO2/c15-10-13-4-1-5-14(13)9-12(8-13)11-2-6-16-7-3-11/h15H,1-10H2. The Balaban J connectivity index is 1.81. The lowest BCUT2D eigenvalue weighted by Gasteiger charge is -2.28. The summed E-state index contributed by atoms with van der Waals surface area (Å²) in [4.78, 5) is 2.50. The van der Waals surface area contributed by atoms with Crippen LogP contribution in [0.3, 0.4) is 0 Å². The number of rotatable bonds is 1. The Labute approximate surface area is 97.1 Å². The molecule has 1 unspecified atom stereocenters. The van der Waals surface area contributed by atoms with E-state index in [-0.39, 0.29) is 5.54 Å². The fourth-order valence-electron chi connectivity index (χ4n) is 3.57. The Morgan fingerprint density at radius 3 is 2.75 bits per heavy atom. The molecular formula is C13H21NO2. The van der Waals surface area contributed by atoms with Gasteiger partial charge in [0, 0.05) is 12.1 Å². The van der Waals surface area contributed by atoms with Crippen LogP contribution in [0, 0.1) is 0 Å². The van der Waals surface area contributed by atoms with Gasteiger partial charge in [-0.15, -0.1) is 0 Å². The van der Waals surface area contributed by atoms with Crippen LogP contribution in [0.5, 0.6) is 0 Å². The predicted octanol–water partition coefficient (Wildman–Crippen LogP) is 1.32. The largest absolute Gasteiger partial charge is 0.394 e. The molecule has 3 aliphatic heterocycles. The lowest BCUT2D eigenvalue weighted by molar-refractivity contribution is 0.0999. The Morgan fingerprint density at radius 2 is 2.06 bits per heavy atom. The van der Waals surface area contributed by atoms with E-state index in [2.05, 4.69) is 4.90 Å². The lowest BCUT2D eigenvalue weighted by Crippen LogP contribution is -2.41. The zero-order valence-electron chi connectivity index (χ0n) is 9.87. The van der Waals surface area contributed by atoms with Gasteiger partial charge in [-0.3, -0.25) is 4.90 Å². The minimum absolute atomic E-state index is 0.112. The summed E-state index contributed by atoms with van der Waals surface area (Å²) in [5.74, 6) is 0. The van der Waals surface area contributed by atoms with Crippen LogP contribution in [0.25, 0.3) is 0 Å². The van der Waals surface area contributed by atoms with Gasteiger partial charge < -0.3 is 9.84 Å². The quantitative estimate of drug-likeness (QED) is 0.681. The highest BCUT2D eigenvalue weighted by atomic mass is 16.5. The van der Waals surface area contributed by atoms with Gasteiger partial charge in [0.2, 0.25) is 0 Å². The maximum atomic E-state index is 9.65. The molecule has 0 bridgehead atoms. The molecule has 0 aliphatic carbocycles. The average Bonchev–Trinajstić information content (AvgIpc) is 2.86. The predicted molar refractivity (Wildman–Crippen MR) is 62.3 cm³/mol. The van der Waals surface area contributed by atoms with E-state index in [1.54, 1.807) is 11.1 Å². The fraction of sp³-hybridized carbons (Fsp3) is 0.846. The molecule has 0 spiro atoms. The van der Waals surface area contributed by atoms with Gasteiger partial charge in [-0.05, 0) is 38.6 Å². The number of ether oxygens (including phenoxy) is 1. The summed E-state index contributed by atoms with van der Waals surface area (Å²) in [6, 6.07) is 0. The number of fused-ring (bicyclic) bond motifs is 1. The van der Waals surface area contributed by atoms with E-state index in [1.807, 2.05) is 0 Å². The molecule has 0 radical (unpaired) electrons. The normalized spacial score (nSPS) is 35.8. The number of aliphatic hydroxyl groups is 1. The molecule has 3 fully saturated rings. The van der Waals surface area contributed by atoms with Crippen molar-refractivity contribution in [1.29, 1.82) is 0 Å². The topological polar surface area (TPSA) is 32.7 Å². The third-order valence-electron chi connectivity index (χ3n) is 4.56. The first-order valence-corrected chi connectivity index (χ1v) is 6.47. The van der Waals surface area contributed by atoms with Crippen molar-refractivity contribution in [2.75, 3.05) is 32.9 Å². The first-order valence-electron chi connectivity index (χ1n) is 6.47. The molecule has 3 heteroatoms. The van der Waals surface area contributed by atoms with Crippen LogP contribution >= 0.6 is 0 Å².